The van der Waals surface area contributed by atoms with Crippen molar-refractivity contribution in [1.82, 2.24) is 0 Å². The van der Waals surface area contributed by atoms with Crippen LogP contribution in [0.15, 0.2) is 42.5 Å². The molecule has 5 heteroatoms. The predicted octanol–water partition coefficient (Wildman–Crippen LogP) is -0.812. The summed E-state index contributed by atoms with van der Waals surface area (Å²) in [5.74, 6) is 0. The third-order valence-electron chi connectivity index (χ3n) is 2.16. The smallest absolute Gasteiger partial charge is 1.00 e. The Labute approximate surface area is 157 Å². The second-order valence-corrected chi connectivity index (χ2v) is 4.96. The van der Waals surface area contributed by atoms with Crippen LogP contribution in [0.5, 0.6) is 0 Å². The van der Waals surface area contributed by atoms with Crippen molar-refractivity contribution < 1.29 is 50.7 Å². The number of hydrogen-bond acceptors (Lipinski definition) is 0. The molecule has 0 saturated heterocycles. The van der Waals surface area contributed by atoms with E-state index in [2.05, 4.69) is 55.6 Å². The Bertz CT molecular complexity index is 364. The summed E-state index contributed by atoms with van der Waals surface area (Å²) in [5, 5.41) is 2.66. The van der Waals surface area contributed by atoms with Crippen LogP contribution in [0, 0.1) is 0 Å². The molecule has 0 aliphatic carbocycles. The van der Waals surface area contributed by atoms with Crippen molar-refractivity contribution in [2.24, 2.45) is 0 Å². The Balaban J connectivity index is -0.000000103. The predicted molar refractivity (Wildman–Crippen MR) is 81.1 cm³/mol. The monoisotopic (exact) mass is 495 g/mol. The van der Waals surface area contributed by atoms with E-state index in [-0.39, 0.29) is 56.7 Å². The number of rotatable bonds is 1. The maximum Gasteiger partial charge on any atom is 4.00 e. The molecule has 0 fully saturated rings. The topological polar surface area (TPSA) is 23.8 Å². The minimum absolute atomic E-state index is 0. The van der Waals surface area contributed by atoms with Gasteiger partial charge in [0.1, 0.15) is 0 Å². The van der Waals surface area contributed by atoms with Gasteiger partial charge >= 0.3 is 25.8 Å². The second-order valence-electron chi connectivity index (χ2n) is 3.96. The van der Waals surface area contributed by atoms with Crippen LogP contribution in [0.4, 0.5) is 0 Å². The molecule has 1 nitrogen and oxygen atoms in total. The summed E-state index contributed by atoms with van der Waals surface area (Å²) in [5.41, 5.74) is 6.83. The van der Waals surface area contributed by atoms with Crippen LogP contribution < -0.4 is 24.8 Å². The molecule has 0 bridgehead atoms. The van der Waals surface area contributed by atoms with E-state index in [9.17, 15) is 0 Å². The first kappa shape index (κ1) is 28.6. The van der Waals surface area contributed by atoms with Crippen molar-refractivity contribution in [2.45, 2.75) is 39.4 Å². The van der Waals surface area contributed by atoms with Gasteiger partial charge < -0.3 is 30.5 Å². The van der Waals surface area contributed by atoms with Crippen molar-refractivity contribution in [2.75, 3.05) is 0 Å². The average Bonchev–Trinajstić information content (AvgIpc) is 2.78. The molecule has 1 atom stereocenters. The molecule has 2 aromatic carbocycles. The van der Waals surface area contributed by atoms with E-state index in [4.69, 9.17) is 5.73 Å². The number of hydrogen-bond donors (Lipinski definition) is 0. The van der Waals surface area contributed by atoms with Crippen LogP contribution in [-0.2, 0) is 25.8 Å². The molecule has 0 aliphatic rings. The van der Waals surface area contributed by atoms with Gasteiger partial charge in [0.15, 0.2) is 0 Å². The van der Waals surface area contributed by atoms with Gasteiger partial charge in [0.05, 0.1) is 0 Å². The van der Waals surface area contributed by atoms with Crippen molar-refractivity contribution in [3.8, 4) is 0 Å². The molecule has 1 N–H and O–H groups in total. The first-order valence-electron chi connectivity index (χ1n) is 6.05. The standard InChI is InChI=1S/C9H7.C4H10N.C2H6Si.2ClH.Hf/c1-2-5-9-7-3-6-8(9)4-1;1-3-4(2)5;1-3-2;;;/h1-7H;4-5H,3H2,1-2H3;1-2H3;2*1H;/q2*-1;;;;+4/p-2. The van der Waals surface area contributed by atoms with E-state index in [1.54, 1.807) is 0 Å². The molecule has 0 heterocycles. The van der Waals surface area contributed by atoms with Crippen molar-refractivity contribution in [3.63, 3.8) is 0 Å². The zero-order chi connectivity index (χ0) is 13.1. The van der Waals surface area contributed by atoms with Gasteiger partial charge in [-0.1, -0.05) is 39.4 Å². The normalized spacial score (nSPS) is 9.25. The molecule has 2 rings (SSSR count). The Morgan fingerprint density at radius 3 is 2.00 bits per heavy atom. The van der Waals surface area contributed by atoms with E-state index in [1.165, 1.54) is 10.8 Å². The van der Waals surface area contributed by atoms with Crippen LogP contribution in [0.25, 0.3) is 16.5 Å². The molecule has 0 spiro atoms. The fourth-order valence-corrected chi connectivity index (χ4v) is 1.07. The summed E-state index contributed by atoms with van der Waals surface area (Å²) < 4.78 is 0. The number of benzene rings is 1. The molecular formula is C15H23Cl2HfNSi. The summed E-state index contributed by atoms with van der Waals surface area (Å²) >= 11 is 0. The summed E-state index contributed by atoms with van der Waals surface area (Å²) in [6, 6.07) is 14.8. The Morgan fingerprint density at radius 1 is 1.15 bits per heavy atom. The van der Waals surface area contributed by atoms with E-state index >= 15 is 0 Å². The fourth-order valence-electron chi connectivity index (χ4n) is 1.07. The molecule has 2 aromatic rings. The summed E-state index contributed by atoms with van der Waals surface area (Å²) in [6.45, 7) is 8.21. The zero-order valence-corrected chi connectivity index (χ0v) is 18.7. The average molecular weight is 495 g/mol. The number of fused-ring (bicyclic) bond motifs is 1. The van der Waals surface area contributed by atoms with Gasteiger partial charge in [0.2, 0.25) is 0 Å². The SMILES string of the molecule is CCC(C)[NH-].C[Si]C.[Cl-].[Cl-].[Hf+4].c1ccc2[cH-]ccc2c1. The number of nitrogens with one attached hydrogen (secondary N) is 1. The Morgan fingerprint density at radius 2 is 1.60 bits per heavy atom. The largest absolute Gasteiger partial charge is 4.00 e. The summed E-state index contributed by atoms with van der Waals surface area (Å²) in [7, 11) is 1.08. The van der Waals surface area contributed by atoms with Crippen LogP contribution >= 0.6 is 0 Å². The molecule has 0 aliphatic heterocycles. The number of halogens is 2. The van der Waals surface area contributed by atoms with E-state index in [0.717, 1.165) is 15.9 Å². The van der Waals surface area contributed by atoms with Gasteiger partial charge in [-0.3, -0.25) is 0 Å². The van der Waals surface area contributed by atoms with Crippen molar-refractivity contribution in [1.29, 1.82) is 0 Å². The third kappa shape index (κ3) is 14.9. The first-order chi connectivity index (χ1) is 8.15. The molecule has 2 radical (unpaired) electrons. The summed E-state index contributed by atoms with van der Waals surface area (Å²) in [6.07, 6.45) is 0.972. The van der Waals surface area contributed by atoms with Crippen molar-refractivity contribution in [3.05, 3.63) is 48.2 Å². The second kappa shape index (κ2) is 19.5. The van der Waals surface area contributed by atoms with Gasteiger partial charge in [0.25, 0.3) is 0 Å². The Kier molecular flexibility index (Phi) is 27.8. The van der Waals surface area contributed by atoms with Crippen LogP contribution in [0.2, 0.25) is 13.1 Å². The van der Waals surface area contributed by atoms with E-state index < -0.39 is 0 Å². The maximum atomic E-state index is 6.83. The van der Waals surface area contributed by atoms with Crippen LogP contribution in [0.1, 0.15) is 20.3 Å². The maximum absolute atomic E-state index is 6.83. The fraction of sp³-hybridized carbons (Fsp3) is 0.400. The van der Waals surface area contributed by atoms with Gasteiger partial charge in [0, 0.05) is 9.52 Å². The Hall–Kier alpha value is 0.457. The van der Waals surface area contributed by atoms with Gasteiger partial charge in [-0.05, 0) is 0 Å². The van der Waals surface area contributed by atoms with Crippen molar-refractivity contribution >= 4 is 20.3 Å². The molecule has 0 saturated carbocycles. The molecule has 20 heavy (non-hydrogen) atoms. The van der Waals surface area contributed by atoms with Gasteiger partial charge in [-0.2, -0.15) is 17.5 Å². The first-order valence-corrected chi connectivity index (χ1v) is 8.05. The van der Waals surface area contributed by atoms with E-state index in [0.29, 0.717) is 0 Å². The van der Waals surface area contributed by atoms with E-state index in [1.807, 2.05) is 13.8 Å². The molecule has 0 aromatic heterocycles. The molecule has 110 valence electrons. The van der Waals surface area contributed by atoms with Crippen LogP contribution in [-0.4, -0.2) is 15.6 Å². The molecule has 0 amide bonds. The zero-order valence-electron chi connectivity index (χ0n) is 12.6. The van der Waals surface area contributed by atoms with Gasteiger partial charge in [-0.15, -0.1) is 35.7 Å². The van der Waals surface area contributed by atoms with Crippen LogP contribution in [0.3, 0.4) is 0 Å². The molecule has 1 unspecified atom stereocenters. The summed E-state index contributed by atoms with van der Waals surface area (Å²) in [4.78, 5) is 0. The van der Waals surface area contributed by atoms with Gasteiger partial charge in [-0.25, -0.2) is 0 Å². The minimum atomic E-state index is 0. The minimum Gasteiger partial charge on any atom is -1.00 e. The molecular weight excluding hydrogens is 472 g/mol. The quantitative estimate of drug-likeness (QED) is 0.366. The third-order valence-corrected chi connectivity index (χ3v) is 2.16.